The maximum atomic E-state index is 12.8. The molecule has 154 valence electrons. The summed E-state index contributed by atoms with van der Waals surface area (Å²) in [5.41, 5.74) is -0.429. The molecule has 1 aromatic carbocycles. The summed E-state index contributed by atoms with van der Waals surface area (Å²) >= 11 is 17.7. The van der Waals surface area contributed by atoms with Crippen LogP contribution in [0.25, 0.3) is 11.4 Å². The SMILES string of the molecule is CCN(CC)CCNc1nc(-c2ccc(C(F)(F)F)cc2)nc(C(Cl)(Cl)Cl)n1. The van der Waals surface area contributed by atoms with Gasteiger partial charge in [-0.3, -0.25) is 0 Å². The van der Waals surface area contributed by atoms with E-state index in [4.69, 9.17) is 34.8 Å². The van der Waals surface area contributed by atoms with Crippen LogP contribution in [0.2, 0.25) is 0 Å². The first kappa shape index (κ1) is 22.9. The highest BCUT2D eigenvalue weighted by molar-refractivity contribution is 6.66. The minimum absolute atomic E-state index is 0.107. The molecule has 0 unspecified atom stereocenters. The zero-order valence-corrected chi connectivity index (χ0v) is 17.5. The van der Waals surface area contributed by atoms with E-state index in [1.165, 1.54) is 12.1 Å². The van der Waals surface area contributed by atoms with E-state index in [1.807, 2.05) is 0 Å². The summed E-state index contributed by atoms with van der Waals surface area (Å²) in [6.45, 7) is 7.18. The smallest absolute Gasteiger partial charge is 0.353 e. The molecular weight excluding hydrogens is 438 g/mol. The van der Waals surface area contributed by atoms with Gasteiger partial charge in [0.1, 0.15) is 0 Å². The lowest BCUT2D eigenvalue weighted by Gasteiger charge is -2.18. The van der Waals surface area contributed by atoms with Gasteiger partial charge in [-0.25, -0.2) is 4.98 Å². The maximum Gasteiger partial charge on any atom is 0.416 e. The van der Waals surface area contributed by atoms with Crippen LogP contribution in [0, 0.1) is 0 Å². The van der Waals surface area contributed by atoms with Gasteiger partial charge in [-0.1, -0.05) is 60.8 Å². The summed E-state index contributed by atoms with van der Waals surface area (Å²) in [7, 11) is 0. The summed E-state index contributed by atoms with van der Waals surface area (Å²) in [6, 6.07) is 4.42. The Balaban J connectivity index is 2.30. The number of likely N-dealkylation sites (N-methyl/N-ethyl adjacent to an activating group) is 1. The lowest BCUT2D eigenvalue weighted by Crippen LogP contribution is -2.29. The zero-order chi connectivity index (χ0) is 20.9. The molecule has 11 heteroatoms. The fourth-order valence-electron chi connectivity index (χ4n) is 2.38. The Morgan fingerprint density at radius 1 is 0.964 bits per heavy atom. The van der Waals surface area contributed by atoms with Gasteiger partial charge >= 0.3 is 6.18 Å². The summed E-state index contributed by atoms with van der Waals surface area (Å²) in [6.07, 6.45) is -4.43. The number of anilines is 1. The number of nitrogens with one attached hydrogen (secondary N) is 1. The van der Waals surface area contributed by atoms with Crippen molar-refractivity contribution in [2.45, 2.75) is 23.8 Å². The number of aromatic nitrogens is 3. The Morgan fingerprint density at radius 2 is 1.57 bits per heavy atom. The number of rotatable bonds is 7. The number of halogens is 6. The van der Waals surface area contributed by atoms with Gasteiger partial charge in [0.15, 0.2) is 11.6 Å². The molecule has 0 saturated carbocycles. The molecule has 2 rings (SSSR count). The summed E-state index contributed by atoms with van der Waals surface area (Å²) in [4.78, 5) is 14.6. The molecule has 0 bridgehead atoms. The van der Waals surface area contributed by atoms with Gasteiger partial charge in [0.2, 0.25) is 9.74 Å². The highest BCUT2D eigenvalue weighted by Crippen LogP contribution is 2.37. The molecular formula is C17H19Cl3F3N5. The Hall–Kier alpha value is -1.35. The van der Waals surface area contributed by atoms with Gasteiger partial charge in [-0.2, -0.15) is 23.1 Å². The molecule has 0 aliphatic carbocycles. The van der Waals surface area contributed by atoms with Crippen LogP contribution < -0.4 is 5.32 Å². The zero-order valence-electron chi connectivity index (χ0n) is 15.2. The van der Waals surface area contributed by atoms with Gasteiger partial charge in [0, 0.05) is 18.7 Å². The predicted molar refractivity (Wildman–Crippen MR) is 106 cm³/mol. The van der Waals surface area contributed by atoms with Crippen molar-refractivity contribution in [3.8, 4) is 11.4 Å². The fraction of sp³-hybridized carbons (Fsp3) is 0.471. The molecule has 1 N–H and O–H groups in total. The van der Waals surface area contributed by atoms with Gasteiger partial charge in [-0.15, -0.1) is 0 Å². The van der Waals surface area contributed by atoms with E-state index in [1.54, 1.807) is 0 Å². The summed E-state index contributed by atoms with van der Waals surface area (Å²) < 4.78 is 36.4. The Morgan fingerprint density at radius 3 is 2.07 bits per heavy atom. The standard InChI is InChI=1S/C17H19Cl3F3N5/c1-3-28(4-2)10-9-24-15-26-13(25-14(27-15)16(18,19)20)11-5-7-12(8-6-11)17(21,22)23/h5-8H,3-4,9-10H2,1-2H3,(H,24,25,26,27). The van der Waals surface area contributed by atoms with E-state index < -0.39 is 15.5 Å². The second-order valence-corrected chi connectivity index (χ2v) is 8.11. The first-order chi connectivity index (χ1) is 13.0. The van der Waals surface area contributed by atoms with Crippen LogP contribution in [0.4, 0.5) is 19.1 Å². The van der Waals surface area contributed by atoms with Crippen molar-refractivity contribution in [2.75, 3.05) is 31.5 Å². The number of nitrogens with zero attached hydrogens (tertiary/aromatic N) is 4. The third-order valence-corrected chi connectivity index (χ3v) is 4.47. The lowest BCUT2D eigenvalue weighted by atomic mass is 10.1. The van der Waals surface area contributed by atoms with Crippen molar-refractivity contribution in [3.63, 3.8) is 0 Å². The van der Waals surface area contributed by atoms with E-state index in [0.717, 1.165) is 31.8 Å². The third kappa shape index (κ3) is 6.34. The Bertz CT molecular complexity index is 775. The highest BCUT2D eigenvalue weighted by atomic mass is 35.6. The summed E-state index contributed by atoms with van der Waals surface area (Å²) in [5.74, 6) is 0.168. The van der Waals surface area contributed by atoms with Crippen molar-refractivity contribution < 1.29 is 13.2 Å². The molecule has 0 radical (unpaired) electrons. The van der Waals surface area contributed by atoms with Gasteiger partial charge in [0.05, 0.1) is 5.56 Å². The first-order valence-corrected chi connectivity index (χ1v) is 9.65. The van der Waals surface area contributed by atoms with Crippen molar-refractivity contribution in [3.05, 3.63) is 35.7 Å². The number of benzene rings is 1. The van der Waals surface area contributed by atoms with E-state index in [2.05, 4.69) is 39.0 Å². The quantitative estimate of drug-likeness (QED) is 0.585. The van der Waals surface area contributed by atoms with Crippen LogP contribution in [0.5, 0.6) is 0 Å². The maximum absolute atomic E-state index is 12.8. The van der Waals surface area contributed by atoms with E-state index >= 15 is 0 Å². The molecule has 0 amide bonds. The third-order valence-electron chi connectivity index (χ3n) is 3.96. The topological polar surface area (TPSA) is 53.9 Å². The highest BCUT2D eigenvalue weighted by Gasteiger charge is 2.31. The number of hydrogen-bond donors (Lipinski definition) is 1. The molecule has 0 fully saturated rings. The normalized spacial score (nSPS) is 12.5. The first-order valence-electron chi connectivity index (χ1n) is 8.51. The molecule has 0 saturated heterocycles. The second-order valence-electron chi connectivity index (χ2n) is 5.83. The van der Waals surface area contributed by atoms with Crippen LogP contribution in [0.1, 0.15) is 25.2 Å². The van der Waals surface area contributed by atoms with Crippen LogP contribution in [-0.4, -0.2) is 46.0 Å². The van der Waals surface area contributed by atoms with Gasteiger partial charge in [-0.05, 0) is 25.2 Å². The molecule has 1 heterocycles. The van der Waals surface area contributed by atoms with E-state index in [-0.39, 0.29) is 17.6 Å². The monoisotopic (exact) mass is 455 g/mol. The average Bonchev–Trinajstić information content (AvgIpc) is 2.64. The molecule has 5 nitrogen and oxygen atoms in total. The molecule has 1 aromatic heterocycles. The molecule has 0 atom stereocenters. The Kier molecular flexibility index (Phi) is 7.73. The number of hydrogen-bond acceptors (Lipinski definition) is 5. The van der Waals surface area contributed by atoms with E-state index in [9.17, 15) is 13.2 Å². The van der Waals surface area contributed by atoms with Crippen molar-refractivity contribution in [2.24, 2.45) is 0 Å². The van der Waals surface area contributed by atoms with Crippen LogP contribution in [-0.2, 0) is 9.97 Å². The van der Waals surface area contributed by atoms with Crippen LogP contribution in [0.15, 0.2) is 24.3 Å². The van der Waals surface area contributed by atoms with Crippen LogP contribution >= 0.6 is 34.8 Å². The molecule has 0 aliphatic rings. The summed E-state index contributed by atoms with van der Waals surface area (Å²) in [5, 5.41) is 3.04. The van der Waals surface area contributed by atoms with Crippen molar-refractivity contribution in [1.82, 2.24) is 19.9 Å². The fourth-order valence-corrected chi connectivity index (χ4v) is 2.64. The lowest BCUT2D eigenvalue weighted by molar-refractivity contribution is -0.137. The number of alkyl halides is 6. The average molecular weight is 457 g/mol. The Labute approximate surface area is 176 Å². The molecule has 0 aliphatic heterocycles. The predicted octanol–water partition coefficient (Wildman–Crippen LogP) is 5.14. The minimum atomic E-state index is -4.43. The molecule has 0 spiro atoms. The van der Waals surface area contributed by atoms with Crippen LogP contribution in [0.3, 0.4) is 0 Å². The van der Waals surface area contributed by atoms with Gasteiger partial charge < -0.3 is 10.2 Å². The van der Waals surface area contributed by atoms with Crippen molar-refractivity contribution in [1.29, 1.82) is 0 Å². The molecule has 28 heavy (non-hydrogen) atoms. The second kappa shape index (κ2) is 9.43. The van der Waals surface area contributed by atoms with Crippen molar-refractivity contribution >= 4 is 40.8 Å². The largest absolute Gasteiger partial charge is 0.416 e. The van der Waals surface area contributed by atoms with E-state index in [0.29, 0.717) is 12.1 Å². The molecule has 2 aromatic rings. The van der Waals surface area contributed by atoms with Gasteiger partial charge in [0.25, 0.3) is 0 Å². The minimum Gasteiger partial charge on any atom is -0.353 e.